The Bertz CT molecular complexity index is 423. The molecular weight excluding hydrogens is 178 g/mol. The minimum Gasteiger partial charge on any atom is -0.354 e. The highest BCUT2D eigenvalue weighted by molar-refractivity contribution is 6.07. The fourth-order valence-corrected chi connectivity index (χ4v) is 1.80. The Labute approximate surface area is 81.7 Å². The van der Waals surface area contributed by atoms with Crippen LogP contribution in [0.15, 0.2) is 12.3 Å². The molecule has 2 aliphatic rings. The van der Waals surface area contributed by atoms with Gasteiger partial charge in [-0.25, -0.2) is 4.98 Å². The van der Waals surface area contributed by atoms with Crippen molar-refractivity contribution in [1.29, 1.82) is 0 Å². The number of rotatable bonds is 0. The van der Waals surface area contributed by atoms with Crippen LogP contribution in [-0.4, -0.2) is 16.4 Å². The standard InChI is InChI=1S/C10H11N3O/c1-6-2-5-11-8-7(6)12-9(14)10(13-8)3-4-10/h2,5H,3-4H2,1H3,(H,11,13)(H,12,14). The van der Waals surface area contributed by atoms with E-state index in [1.165, 1.54) is 0 Å². The van der Waals surface area contributed by atoms with Gasteiger partial charge >= 0.3 is 0 Å². The zero-order valence-electron chi connectivity index (χ0n) is 7.92. The second-order valence-electron chi connectivity index (χ2n) is 4.01. The van der Waals surface area contributed by atoms with Crippen molar-refractivity contribution in [3.05, 3.63) is 17.8 Å². The maximum Gasteiger partial charge on any atom is 0.250 e. The molecule has 2 heterocycles. The molecule has 1 amide bonds. The van der Waals surface area contributed by atoms with Gasteiger partial charge in [-0.15, -0.1) is 0 Å². The third kappa shape index (κ3) is 0.880. The van der Waals surface area contributed by atoms with Gasteiger partial charge in [-0.3, -0.25) is 4.79 Å². The van der Waals surface area contributed by atoms with Crippen molar-refractivity contribution in [3.8, 4) is 0 Å². The van der Waals surface area contributed by atoms with Crippen molar-refractivity contribution in [2.45, 2.75) is 25.3 Å². The first-order chi connectivity index (χ1) is 6.71. The second-order valence-corrected chi connectivity index (χ2v) is 4.01. The van der Waals surface area contributed by atoms with E-state index in [2.05, 4.69) is 15.6 Å². The van der Waals surface area contributed by atoms with Gasteiger partial charge in [0.05, 0.1) is 5.69 Å². The fourth-order valence-electron chi connectivity index (χ4n) is 1.80. The highest BCUT2D eigenvalue weighted by Crippen LogP contribution is 2.44. The topological polar surface area (TPSA) is 54.0 Å². The predicted molar refractivity (Wildman–Crippen MR) is 53.2 cm³/mol. The van der Waals surface area contributed by atoms with Gasteiger partial charge < -0.3 is 10.6 Å². The molecule has 1 aromatic rings. The van der Waals surface area contributed by atoms with Gasteiger partial charge in [-0.2, -0.15) is 0 Å². The maximum absolute atomic E-state index is 11.7. The average molecular weight is 189 g/mol. The van der Waals surface area contributed by atoms with E-state index < -0.39 is 0 Å². The Morgan fingerprint density at radius 1 is 1.50 bits per heavy atom. The van der Waals surface area contributed by atoms with Crippen LogP contribution in [-0.2, 0) is 4.79 Å². The van der Waals surface area contributed by atoms with Crippen molar-refractivity contribution in [3.63, 3.8) is 0 Å². The fraction of sp³-hybridized carbons (Fsp3) is 0.400. The lowest BCUT2D eigenvalue weighted by Gasteiger charge is -2.26. The number of carbonyl (C=O) groups excluding carboxylic acids is 1. The minimum atomic E-state index is -0.339. The van der Waals surface area contributed by atoms with Crippen molar-refractivity contribution in [2.24, 2.45) is 0 Å². The number of hydrogen-bond donors (Lipinski definition) is 2. The Kier molecular flexibility index (Phi) is 1.26. The molecule has 4 heteroatoms. The Morgan fingerprint density at radius 3 is 3.00 bits per heavy atom. The molecule has 0 radical (unpaired) electrons. The van der Waals surface area contributed by atoms with E-state index in [9.17, 15) is 4.79 Å². The van der Waals surface area contributed by atoms with Gasteiger partial charge in [0.2, 0.25) is 5.91 Å². The first-order valence-corrected chi connectivity index (χ1v) is 4.77. The van der Waals surface area contributed by atoms with Crippen LogP contribution in [0, 0.1) is 6.92 Å². The van der Waals surface area contributed by atoms with Crippen molar-refractivity contribution < 1.29 is 4.79 Å². The highest BCUT2D eigenvalue weighted by Gasteiger charge is 2.52. The van der Waals surface area contributed by atoms with Crippen LogP contribution in [0.3, 0.4) is 0 Å². The molecule has 1 aliphatic heterocycles. The normalized spacial score (nSPS) is 21.1. The molecular formula is C10H11N3O. The summed E-state index contributed by atoms with van der Waals surface area (Å²) in [5.41, 5.74) is 1.54. The highest BCUT2D eigenvalue weighted by atomic mass is 16.2. The summed E-state index contributed by atoms with van der Waals surface area (Å²) in [6, 6.07) is 1.89. The molecule has 72 valence electrons. The van der Waals surface area contributed by atoms with Crippen molar-refractivity contribution in [1.82, 2.24) is 4.98 Å². The predicted octanol–water partition coefficient (Wildman–Crippen LogP) is 1.29. The van der Waals surface area contributed by atoms with E-state index in [1.807, 2.05) is 13.0 Å². The van der Waals surface area contributed by atoms with Gasteiger partial charge in [0.1, 0.15) is 5.54 Å². The lowest BCUT2D eigenvalue weighted by Crippen LogP contribution is -2.41. The zero-order chi connectivity index (χ0) is 9.76. The average Bonchev–Trinajstić information content (AvgIpc) is 2.91. The summed E-state index contributed by atoms with van der Waals surface area (Å²) in [5.74, 6) is 0.892. The number of pyridine rings is 1. The van der Waals surface area contributed by atoms with E-state index in [4.69, 9.17) is 0 Å². The third-order valence-corrected chi connectivity index (χ3v) is 2.94. The molecule has 1 saturated carbocycles. The van der Waals surface area contributed by atoms with Crippen LogP contribution in [0.25, 0.3) is 0 Å². The van der Waals surface area contributed by atoms with Crippen LogP contribution in [0.1, 0.15) is 18.4 Å². The molecule has 0 atom stereocenters. The van der Waals surface area contributed by atoms with Gasteiger partial charge in [0.25, 0.3) is 0 Å². The Morgan fingerprint density at radius 2 is 2.29 bits per heavy atom. The lowest BCUT2D eigenvalue weighted by molar-refractivity contribution is -0.117. The van der Waals surface area contributed by atoms with Gasteiger partial charge in [-0.1, -0.05) is 0 Å². The van der Waals surface area contributed by atoms with E-state index in [0.717, 1.165) is 29.9 Å². The van der Waals surface area contributed by atoms with Gasteiger partial charge in [-0.05, 0) is 31.4 Å². The molecule has 0 aromatic carbocycles. The van der Waals surface area contributed by atoms with Crippen molar-refractivity contribution >= 4 is 17.4 Å². The lowest BCUT2D eigenvalue weighted by atomic mass is 10.1. The second kappa shape index (κ2) is 2.26. The summed E-state index contributed by atoms with van der Waals surface area (Å²) >= 11 is 0. The third-order valence-electron chi connectivity index (χ3n) is 2.94. The molecule has 0 unspecified atom stereocenters. The minimum absolute atomic E-state index is 0.0844. The first-order valence-electron chi connectivity index (χ1n) is 4.77. The smallest absolute Gasteiger partial charge is 0.250 e. The molecule has 14 heavy (non-hydrogen) atoms. The summed E-state index contributed by atoms with van der Waals surface area (Å²) < 4.78 is 0. The van der Waals surface area contributed by atoms with Gasteiger partial charge in [0.15, 0.2) is 5.82 Å². The number of nitrogens with one attached hydrogen (secondary N) is 2. The van der Waals surface area contributed by atoms with E-state index in [-0.39, 0.29) is 11.4 Å². The quantitative estimate of drug-likeness (QED) is 0.646. The number of aryl methyl sites for hydroxylation is 1. The molecule has 0 bridgehead atoms. The number of aromatic nitrogens is 1. The van der Waals surface area contributed by atoms with E-state index >= 15 is 0 Å². The van der Waals surface area contributed by atoms with Crippen molar-refractivity contribution in [2.75, 3.05) is 10.6 Å². The number of hydrogen-bond acceptors (Lipinski definition) is 3. The number of nitrogens with zero attached hydrogens (tertiary/aromatic N) is 1. The van der Waals surface area contributed by atoms with E-state index in [0.29, 0.717) is 0 Å². The number of fused-ring (bicyclic) bond motifs is 1. The van der Waals surface area contributed by atoms with Crippen LogP contribution in [0.2, 0.25) is 0 Å². The maximum atomic E-state index is 11.7. The monoisotopic (exact) mass is 189 g/mol. The molecule has 4 nitrogen and oxygen atoms in total. The summed E-state index contributed by atoms with van der Waals surface area (Å²) in [6.07, 6.45) is 3.58. The molecule has 1 aliphatic carbocycles. The zero-order valence-corrected chi connectivity index (χ0v) is 7.92. The molecule has 2 N–H and O–H groups in total. The molecule has 0 saturated heterocycles. The summed E-state index contributed by atoms with van der Waals surface area (Å²) in [5, 5.41) is 6.13. The Balaban J connectivity index is 2.11. The SMILES string of the molecule is Cc1ccnc2c1NC(=O)C1(CC1)N2. The number of anilines is 2. The largest absolute Gasteiger partial charge is 0.354 e. The number of amides is 1. The summed E-state index contributed by atoms with van der Waals surface area (Å²) in [7, 11) is 0. The van der Waals surface area contributed by atoms with Crippen LogP contribution < -0.4 is 10.6 Å². The molecule has 3 rings (SSSR count). The molecule has 1 fully saturated rings. The first kappa shape index (κ1) is 7.79. The molecule has 1 spiro atoms. The number of carbonyl (C=O) groups is 1. The Hall–Kier alpha value is -1.58. The van der Waals surface area contributed by atoms with Crippen LogP contribution in [0.5, 0.6) is 0 Å². The molecule has 1 aromatic heterocycles. The summed E-state index contributed by atoms with van der Waals surface area (Å²) in [4.78, 5) is 15.9. The van der Waals surface area contributed by atoms with Gasteiger partial charge in [0, 0.05) is 6.20 Å². The van der Waals surface area contributed by atoms with Crippen LogP contribution in [0.4, 0.5) is 11.5 Å². The van der Waals surface area contributed by atoms with Crippen LogP contribution >= 0.6 is 0 Å². The summed E-state index contributed by atoms with van der Waals surface area (Å²) in [6.45, 7) is 1.97. The van der Waals surface area contributed by atoms with E-state index in [1.54, 1.807) is 6.20 Å².